The van der Waals surface area contributed by atoms with E-state index in [4.69, 9.17) is 34.8 Å². The van der Waals surface area contributed by atoms with Gasteiger partial charge in [-0.05, 0) is 17.7 Å². The summed E-state index contributed by atoms with van der Waals surface area (Å²) in [5.74, 6) is -0.173. The van der Waals surface area contributed by atoms with Crippen molar-refractivity contribution >= 4 is 40.9 Å². The number of hydrogen-bond acceptors (Lipinski definition) is 0. The Morgan fingerprint density at radius 2 is 2.00 bits per heavy atom. The molecule has 1 rings (SSSR count). The molecule has 1 aromatic carbocycles. The lowest BCUT2D eigenvalue weighted by Crippen LogP contribution is -1.82. The van der Waals surface area contributed by atoms with Crippen molar-refractivity contribution in [2.75, 3.05) is 5.88 Å². The van der Waals surface area contributed by atoms with Crippen LogP contribution in [0, 0.1) is 5.82 Å². The summed E-state index contributed by atoms with van der Waals surface area (Å²) in [6.07, 6.45) is 3.29. The highest BCUT2D eigenvalue weighted by Crippen LogP contribution is 2.25. The molecular weight excluding hydrogens is 233 g/mol. The maximum Gasteiger partial charge on any atom is 0.143 e. The lowest BCUT2D eigenvalue weighted by atomic mass is 10.2. The molecule has 0 aliphatic rings. The SMILES string of the molecule is Fc1cc(Cl)cc(C=CCCl)c1Cl. The van der Waals surface area contributed by atoms with Crippen LogP contribution in [0.25, 0.3) is 6.08 Å². The van der Waals surface area contributed by atoms with Gasteiger partial charge in [0.15, 0.2) is 0 Å². The fraction of sp³-hybridized carbons (Fsp3) is 0.111. The minimum Gasteiger partial charge on any atom is -0.205 e. The molecule has 0 saturated carbocycles. The summed E-state index contributed by atoms with van der Waals surface area (Å²) in [5, 5.41) is 0.377. The molecule has 0 bridgehead atoms. The Morgan fingerprint density at radius 3 is 2.62 bits per heavy atom. The largest absolute Gasteiger partial charge is 0.205 e. The summed E-state index contributed by atoms with van der Waals surface area (Å²) >= 11 is 16.7. The molecule has 0 atom stereocenters. The molecule has 0 radical (unpaired) electrons. The first-order chi connectivity index (χ1) is 6.15. The average molecular weight is 240 g/mol. The normalized spacial score (nSPS) is 11.1. The molecule has 0 amide bonds. The van der Waals surface area contributed by atoms with Crippen LogP contribution in [-0.4, -0.2) is 5.88 Å². The summed E-state index contributed by atoms with van der Waals surface area (Å²) in [4.78, 5) is 0. The van der Waals surface area contributed by atoms with E-state index in [1.54, 1.807) is 18.2 Å². The minimum atomic E-state index is -0.525. The summed E-state index contributed by atoms with van der Waals surface area (Å²) in [7, 11) is 0. The van der Waals surface area contributed by atoms with Crippen molar-refractivity contribution in [2.45, 2.75) is 0 Å². The number of allylic oxidation sites excluding steroid dienone is 1. The lowest BCUT2D eigenvalue weighted by molar-refractivity contribution is 0.628. The summed E-state index contributed by atoms with van der Waals surface area (Å²) in [6.45, 7) is 0. The number of alkyl halides is 1. The third-order valence-electron chi connectivity index (χ3n) is 1.41. The number of rotatable bonds is 2. The van der Waals surface area contributed by atoms with Crippen LogP contribution in [0.1, 0.15) is 5.56 Å². The lowest BCUT2D eigenvalue weighted by Gasteiger charge is -2.00. The van der Waals surface area contributed by atoms with E-state index in [0.717, 1.165) is 0 Å². The summed E-state index contributed by atoms with van der Waals surface area (Å²) in [6, 6.07) is 2.75. The Bertz CT molecular complexity index is 334. The maximum absolute atomic E-state index is 13.0. The van der Waals surface area contributed by atoms with Crippen LogP contribution in [0.15, 0.2) is 18.2 Å². The molecule has 0 aromatic heterocycles. The van der Waals surface area contributed by atoms with Gasteiger partial charge in [0.2, 0.25) is 0 Å². The minimum absolute atomic E-state index is 0.0609. The topological polar surface area (TPSA) is 0 Å². The molecule has 0 aliphatic carbocycles. The van der Waals surface area contributed by atoms with Crippen molar-refractivity contribution in [2.24, 2.45) is 0 Å². The molecule has 0 nitrogen and oxygen atoms in total. The molecule has 0 saturated heterocycles. The van der Waals surface area contributed by atoms with Crippen molar-refractivity contribution in [1.82, 2.24) is 0 Å². The molecule has 0 N–H and O–H groups in total. The second-order valence-electron chi connectivity index (χ2n) is 2.35. The van der Waals surface area contributed by atoms with Gasteiger partial charge in [-0.2, -0.15) is 0 Å². The molecular formula is C9H6Cl3F. The van der Waals surface area contributed by atoms with Gasteiger partial charge in [-0.25, -0.2) is 4.39 Å². The molecule has 0 fully saturated rings. The maximum atomic E-state index is 13.0. The highest BCUT2D eigenvalue weighted by Gasteiger charge is 2.05. The fourth-order valence-corrected chi connectivity index (χ4v) is 1.34. The zero-order chi connectivity index (χ0) is 9.84. The van der Waals surface area contributed by atoms with Gasteiger partial charge in [0, 0.05) is 10.9 Å². The van der Waals surface area contributed by atoms with Crippen LogP contribution in [0.5, 0.6) is 0 Å². The molecule has 4 heteroatoms. The monoisotopic (exact) mass is 238 g/mol. The fourth-order valence-electron chi connectivity index (χ4n) is 0.869. The van der Waals surface area contributed by atoms with Gasteiger partial charge in [0.25, 0.3) is 0 Å². The van der Waals surface area contributed by atoms with Gasteiger partial charge in [-0.15, -0.1) is 11.6 Å². The summed E-state index contributed by atoms with van der Waals surface area (Å²) < 4.78 is 13.0. The van der Waals surface area contributed by atoms with Crippen molar-refractivity contribution < 1.29 is 4.39 Å². The molecule has 0 heterocycles. The quantitative estimate of drug-likeness (QED) is 0.530. The van der Waals surface area contributed by atoms with E-state index in [1.165, 1.54) is 6.07 Å². The van der Waals surface area contributed by atoms with E-state index in [-0.39, 0.29) is 5.02 Å². The van der Waals surface area contributed by atoms with Crippen molar-refractivity contribution in [3.63, 3.8) is 0 Å². The van der Waals surface area contributed by atoms with E-state index in [1.807, 2.05) is 0 Å². The van der Waals surface area contributed by atoms with Gasteiger partial charge >= 0.3 is 0 Å². The number of halogens is 4. The Hall–Kier alpha value is -0.240. The predicted octanol–water partition coefficient (Wildman–Crippen LogP) is 4.38. The first-order valence-corrected chi connectivity index (χ1v) is 4.81. The van der Waals surface area contributed by atoms with Crippen molar-refractivity contribution in [3.8, 4) is 0 Å². The summed E-state index contributed by atoms with van der Waals surface area (Å²) in [5.41, 5.74) is 0.535. The van der Waals surface area contributed by atoms with Crippen LogP contribution in [0.3, 0.4) is 0 Å². The number of hydrogen-bond donors (Lipinski definition) is 0. The first-order valence-electron chi connectivity index (χ1n) is 3.52. The van der Waals surface area contributed by atoms with Crippen LogP contribution < -0.4 is 0 Å². The Kier molecular flexibility index (Phi) is 4.04. The Balaban J connectivity index is 3.12. The second kappa shape index (κ2) is 4.85. The van der Waals surface area contributed by atoms with Crippen LogP contribution in [-0.2, 0) is 0 Å². The molecule has 70 valence electrons. The molecule has 0 spiro atoms. The Labute approximate surface area is 90.9 Å². The van der Waals surface area contributed by atoms with Gasteiger partial charge < -0.3 is 0 Å². The molecule has 0 aliphatic heterocycles. The molecule has 0 unspecified atom stereocenters. The van der Waals surface area contributed by atoms with Gasteiger partial charge in [0.1, 0.15) is 5.82 Å². The third-order valence-corrected chi connectivity index (χ3v) is 2.20. The van der Waals surface area contributed by atoms with Gasteiger partial charge in [-0.1, -0.05) is 35.4 Å². The van der Waals surface area contributed by atoms with Crippen LogP contribution in [0.4, 0.5) is 4.39 Å². The molecule has 1 aromatic rings. The second-order valence-corrected chi connectivity index (χ2v) is 3.47. The van der Waals surface area contributed by atoms with Crippen LogP contribution >= 0.6 is 34.8 Å². The predicted molar refractivity (Wildman–Crippen MR) is 56.2 cm³/mol. The van der Waals surface area contributed by atoms with Crippen molar-refractivity contribution in [1.29, 1.82) is 0 Å². The highest BCUT2D eigenvalue weighted by atomic mass is 35.5. The van der Waals surface area contributed by atoms with E-state index in [2.05, 4.69) is 0 Å². The average Bonchev–Trinajstić information content (AvgIpc) is 2.09. The standard InChI is InChI=1S/C9H6Cl3F/c10-3-1-2-6-4-7(11)5-8(13)9(6)12/h1-2,4-5H,3H2. The number of benzene rings is 1. The smallest absolute Gasteiger partial charge is 0.143 e. The third kappa shape index (κ3) is 2.87. The van der Waals surface area contributed by atoms with E-state index >= 15 is 0 Å². The van der Waals surface area contributed by atoms with E-state index in [0.29, 0.717) is 16.5 Å². The molecule has 13 heavy (non-hydrogen) atoms. The van der Waals surface area contributed by atoms with Crippen molar-refractivity contribution in [3.05, 3.63) is 39.6 Å². The van der Waals surface area contributed by atoms with E-state index in [9.17, 15) is 4.39 Å². The van der Waals surface area contributed by atoms with Gasteiger partial charge in [-0.3, -0.25) is 0 Å². The first kappa shape index (κ1) is 10.8. The van der Waals surface area contributed by atoms with E-state index < -0.39 is 5.82 Å². The highest BCUT2D eigenvalue weighted by molar-refractivity contribution is 6.34. The Morgan fingerprint density at radius 1 is 1.31 bits per heavy atom. The zero-order valence-corrected chi connectivity index (χ0v) is 8.80. The van der Waals surface area contributed by atoms with Crippen LogP contribution in [0.2, 0.25) is 10.0 Å². The van der Waals surface area contributed by atoms with Gasteiger partial charge in [0.05, 0.1) is 5.02 Å². The zero-order valence-electron chi connectivity index (χ0n) is 6.53.